The third kappa shape index (κ3) is 10.1. The molecule has 2 N–H and O–H groups in total. The van der Waals surface area contributed by atoms with Gasteiger partial charge >= 0.3 is 0 Å². The molecule has 0 fully saturated rings. The fourth-order valence-electron chi connectivity index (χ4n) is 7.16. The van der Waals surface area contributed by atoms with E-state index in [4.69, 9.17) is 47.5 Å². The normalized spacial score (nSPS) is 15.4. The second-order valence-electron chi connectivity index (χ2n) is 14.0. The number of benzene rings is 4. The number of methoxy groups -OCH3 is 7. The molecule has 0 saturated carbocycles. The molecule has 2 heterocycles. The van der Waals surface area contributed by atoms with Crippen molar-refractivity contribution in [1.82, 2.24) is 5.32 Å². The third-order valence-corrected chi connectivity index (χ3v) is 10.4. The van der Waals surface area contributed by atoms with E-state index in [2.05, 4.69) is 15.8 Å². The van der Waals surface area contributed by atoms with Crippen molar-refractivity contribution in [1.29, 1.82) is 0 Å². The number of unbranched alkanes of at least 4 members (excludes halogenated alkanes) is 6. The van der Waals surface area contributed by atoms with Gasteiger partial charge in [-0.05, 0) is 73.0 Å². The lowest BCUT2D eigenvalue weighted by Crippen LogP contribution is -2.38. The van der Waals surface area contributed by atoms with Crippen molar-refractivity contribution in [2.45, 2.75) is 63.6 Å². The number of carbonyl (C=O) groups is 1. The zero-order chi connectivity index (χ0) is 41.7. The van der Waals surface area contributed by atoms with Crippen molar-refractivity contribution in [3.63, 3.8) is 0 Å². The summed E-state index contributed by atoms with van der Waals surface area (Å²) in [6.07, 6.45) is 7.13. The summed E-state index contributed by atoms with van der Waals surface area (Å²) in [5.41, 5.74) is 4.58. The molecule has 2 unspecified atom stereocenters. The Bertz CT molecular complexity index is 2040. The SMILES string of the molecule is COc1ccc2c(c1)C(=O)NC(c1ccc(OCCCCCCCCCOc3c(OC)cc(C4=NOC(c5cc(OC)c(OC)c(OC)c5)C4)cc3OC)c(OC)c1)N2. The van der Waals surface area contributed by atoms with Crippen LogP contribution < -0.4 is 53.3 Å². The maximum absolute atomic E-state index is 12.8. The van der Waals surface area contributed by atoms with Crippen LogP contribution in [0.5, 0.6) is 51.7 Å². The average molecular weight is 814 g/mol. The van der Waals surface area contributed by atoms with E-state index < -0.39 is 6.17 Å². The Balaban J connectivity index is 0.896. The van der Waals surface area contributed by atoms with Gasteiger partial charge in [0.1, 0.15) is 11.9 Å². The van der Waals surface area contributed by atoms with Crippen molar-refractivity contribution < 1.29 is 52.3 Å². The van der Waals surface area contributed by atoms with Gasteiger partial charge in [0.05, 0.1) is 74.3 Å². The Morgan fingerprint density at radius 1 is 0.576 bits per heavy atom. The van der Waals surface area contributed by atoms with Crippen molar-refractivity contribution in [3.05, 3.63) is 82.9 Å². The molecule has 2 aliphatic heterocycles. The van der Waals surface area contributed by atoms with Crippen molar-refractivity contribution in [3.8, 4) is 51.7 Å². The second-order valence-corrected chi connectivity index (χ2v) is 14.0. The van der Waals surface area contributed by atoms with E-state index >= 15 is 0 Å². The molecule has 2 aliphatic rings. The molecule has 6 rings (SSSR count). The molecule has 316 valence electrons. The van der Waals surface area contributed by atoms with Gasteiger partial charge in [-0.1, -0.05) is 43.3 Å². The van der Waals surface area contributed by atoms with Crippen LogP contribution in [-0.2, 0) is 4.84 Å². The molecule has 1 amide bonds. The molecule has 14 nitrogen and oxygen atoms in total. The van der Waals surface area contributed by atoms with Gasteiger partial charge in [-0.2, -0.15) is 0 Å². The number of ether oxygens (including phenoxy) is 9. The maximum atomic E-state index is 12.8. The van der Waals surface area contributed by atoms with E-state index in [0.717, 1.165) is 73.0 Å². The number of anilines is 1. The first-order valence-electron chi connectivity index (χ1n) is 19.8. The molecule has 4 aromatic carbocycles. The summed E-state index contributed by atoms with van der Waals surface area (Å²) < 4.78 is 51.2. The molecule has 4 aromatic rings. The molecule has 0 saturated heterocycles. The lowest BCUT2D eigenvalue weighted by Gasteiger charge is -2.28. The number of nitrogens with one attached hydrogen (secondary N) is 2. The number of nitrogens with zero attached hydrogens (tertiary/aromatic N) is 1. The van der Waals surface area contributed by atoms with E-state index in [-0.39, 0.29) is 12.0 Å². The Hall–Kier alpha value is -6.18. The largest absolute Gasteiger partial charge is 0.497 e. The number of fused-ring (bicyclic) bond motifs is 1. The van der Waals surface area contributed by atoms with Crippen molar-refractivity contribution in [2.75, 3.05) is 68.3 Å². The molecule has 0 aliphatic carbocycles. The second kappa shape index (κ2) is 20.5. The molecule has 2 atom stereocenters. The number of oxime groups is 1. The lowest BCUT2D eigenvalue weighted by molar-refractivity contribution is 0.0853. The van der Waals surface area contributed by atoms with Crippen molar-refractivity contribution in [2.24, 2.45) is 5.16 Å². The van der Waals surface area contributed by atoms with Gasteiger partial charge in [-0.25, -0.2) is 0 Å². The zero-order valence-electron chi connectivity index (χ0n) is 34.9. The molecule has 0 aromatic heterocycles. The number of amides is 1. The minimum Gasteiger partial charge on any atom is -0.497 e. The van der Waals surface area contributed by atoms with Crippen LogP contribution in [0.2, 0.25) is 0 Å². The number of rotatable bonds is 22. The standard InChI is InChI=1S/C45H55N3O11/c1-50-31-16-17-33-32(26-31)45(49)47-44(46-33)28-15-18-35(37(21-28)51-2)57-19-13-11-9-8-10-12-14-20-58-43-40(54-5)22-29(23-41(43)55-6)34-27-36(59-48-34)30-24-38(52-3)42(56-7)39(25-30)53-4/h15-18,21-26,36,44,46H,8-14,19-20,27H2,1-7H3,(H,47,49). The predicted molar refractivity (Wildman–Crippen MR) is 224 cm³/mol. The summed E-state index contributed by atoms with van der Waals surface area (Å²) in [7, 11) is 11.2. The van der Waals surface area contributed by atoms with Crippen LogP contribution in [-0.4, -0.2) is 74.6 Å². The van der Waals surface area contributed by atoms with E-state index in [0.29, 0.717) is 76.9 Å². The zero-order valence-corrected chi connectivity index (χ0v) is 34.9. The fraction of sp³-hybridized carbons (Fsp3) is 0.422. The summed E-state index contributed by atoms with van der Waals surface area (Å²) in [6, 6.07) is 18.7. The third-order valence-electron chi connectivity index (χ3n) is 10.4. The quantitative estimate of drug-likeness (QED) is 0.0733. The molecular weight excluding hydrogens is 759 g/mol. The predicted octanol–water partition coefficient (Wildman–Crippen LogP) is 8.66. The van der Waals surface area contributed by atoms with Crippen LogP contribution in [0.1, 0.15) is 90.7 Å². The number of carbonyl (C=O) groups excluding carboxylic acids is 1. The summed E-state index contributed by atoms with van der Waals surface area (Å²) in [6.45, 7) is 1.13. The van der Waals surface area contributed by atoms with Crippen LogP contribution in [0.4, 0.5) is 5.69 Å². The molecule has 0 bridgehead atoms. The molecular formula is C45H55N3O11. The van der Waals surface area contributed by atoms with Gasteiger partial charge in [0.15, 0.2) is 40.6 Å². The van der Waals surface area contributed by atoms with Crippen molar-refractivity contribution >= 4 is 17.3 Å². The minimum absolute atomic E-state index is 0.171. The van der Waals surface area contributed by atoms with Crippen LogP contribution in [0.3, 0.4) is 0 Å². The highest BCUT2D eigenvalue weighted by atomic mass is 16.6. The first-order valence-corrected chi connectivity index (χ1v) is 19.8. The number of hydrogen-bond donors (Lipinski definition) is 2. The highest BCUT2D eigenvalue weighted by Crippen LogP contribution is 2.44. The topological polar surface area (TPSA) is 146 Å². The molecule has 14 heteroatoms. The molecule has 0 radical (unpaired) electrons. The monoisotopic (exact) mass is 813 g/mol. The number of hydrogen-bond acceptors (Lipinski definition) is 13. The van der Waals surface area contributed by atoms with E-state index in [1.165, 1.54) is 0 Å². The van der Waals surface area contributed by atoms with Gasteiger partial charge in [-0.3, -0.25) is 4.79 Å². The average Bonchev–Trinajstić information content (AvgIpc) is 3.78. The Morgan fingerprint density at radius 3 is 1.78 bits per heavy atom. The summed E-state index contributed by atoms with van der Waals surface area (Å²) in [5.74, 6) is 5.07. The summed E-state index contributed by atoms with van der Waals surface area (Å²) in [5, 5.41) is 10.8. The smallest absolute Gasteiger partial charge is 0.255 e. The van der Waals surface area contributed by atoms with Gasteiger partial charge in [0, 0.05) is 23.2 Å². The highest BCUT2D eigenvalue weighted by molar-refractivity contribution is 6.03. The summed E-state index contributed by atoms with van der Waals surface area (Å²) >= 11 is 0. The maximum Gasteiger partial charge on any atom is 0.255 e. The van der Waals surface area contributed by atoms with Crippen LogP contribution >= 0.6 is 0 Å². The minimum atomic E-state index is -0.401. The molecule has 0 spiro atoms. The Morgan fingerprint density at radius 2 is 1.17 bits per heavy atom. The van der Waals surface area contributed by atoms with Crippen LogP contribution in [0.25, 0.3) is 0 Å². The van der Waals surface area contributed by atoms with Gasteiger partial charge in [-0.15, -0.1) is 0 Å². The summed E-state index contributed by atoms with van der Waals surface area (Å²) in [4.78, 5) is 18.7. The molecule has 59 heavy (non-hydrogen) atoms. The Kier molecular flexibility index (Phi) is 14.7. The highest BCUT2D eigenvalue weighted by Gasteiger charge is 2.29. The van der Waals surface area contributed by atoms with Crippen LogP contribution in [0, 0.1) is 0 Å². The van der Waals surface area contributed by atoms with Crippen LogP contribution in [0.15, 0.2) is 65.8 Å². The van der Waals surface area contributed by atoms with Gasteiger partial charge in [0.2, 0.25) is 11.5 Å². The van der Waals surface area contributed by atoms with E-state index in [1.54, 1.807) is 55.8 Å². The fourth-order valence-corrected chi connectivity index (χ4v) is 7.16. The van der Waals surface area contributed by atoms with Gasteiger partial charge in [0.25, 0.3) is 5.91 Å². The first-order chi connectivity index (χ1) is 28.8. The van der Waals surface area contributed by atoms with E-state index in [9.17, 15) is 4.79 Å². The lowest BCUT2D eigenvalue weighted by atomic mass is 9.99. The first kappa shape index (κ1) is 42.4. The van der Waals surface area contributed by atoms with Gasteiger partial charge < -0.3 is 58.1 Å². The van der Waals surface area contributed by atoms with E-state index in [1.807, 2.05) is 54.6 Å². The Labute approximate surface area is 346 Å².